The minimum atomic E-state index is -0.341. The summed E-state index contributed by atoms with van der Waals surface area (Å²) in [6.45, 7) is 8.23. The number of likely N-dealkylation sites (tertiary alicyclic amines) is 1. The van der Waals surface area contributed by atoms with Crippen molar-refractivity contribution in [2.24, 2.45) is 12.8 Å². The summed E-state index contributed by atoms with van der Waals surface area (Å²) in [5, 5.41) is 8.29. The zero-order valence-electron chi connectivity index (χ0n) is 23.4. The second kappa shape index (κ2) is 11.1. The number of rotatable bonds is 9. The van der Waals surface area contributed by atoms with E-state index in [2.05, 4.69) is 56.7 Å². The molecule has 12 nitrogen and oxygen atoms in total. The van der Waals surface area contributed by atoms with E-state index >= 15 is 0 Å². The maximum absolute atomic E-state index is 12.9. The van der Waals surface area contributed by atoms with Gasteiger partial charge in [-0.25, -0.2) is 14.4 Å². The molecule has 1 atom stereocenters. The van der Waals surface area contributed by atoms with E-state index in [0.29, 0.717) is 52.4 Å². The number of ether oxygens (including phenoxy) is 2. The van der Waals surface area contributed by atoms with Crippen LogP contribution in [0.3, 0.4) is 0 Å². The smallest absolute Gasteiger partial charge is 0.211 e. The van der Waals surface area contributed by atoms with Crippen molar-refractivity contribution in [2.45, 2.75) is 38.6 Å². The van der Waals surface area contributed by atoms with Gasteiger partial charge in [0, 0.05) is 62.5 Å². The summed E-state index contributed by atoms with van der Waals surface area (Å²) >= 11 is 0. The van der Waals surface area contributed by atoms with Crippen LogP contribution < -0.4 is 20.5 Å². The third kappa shape index (κ3) is 5.28. The standard InChI is InChI=1S/C27H35FN10O2/c1-27(2,3)21-12-22(35-38(21)17-6-10-37(16-17)11-7-28)33-26-34-25-23(36(26)4)24(39-5)20(15-32-25)40-19(13-29)18-14-30-8-9-31-18/h8-9,12-15,17H,6-7,10-11,16,29H2,1-5H3,(H,32,33,34,35). The Balaban J connectivity index is 1.46. The third-order valence-electron chi connectivity index (χ3n) is 6.95. The topological polar surface area (TPSA) is 134 Å². The van der Waals surface area contributed by atoms with Crippen molar-refractivity contribution in [1.82, 2.24) is 39.2 Å². The van der Waals surface area contributed by atoms with Crippen molar-refractivity contribution >= 4 is 28.7 Å². The minimum absolute atomic E-state index is 0.138. The summed E-state index contributed by atoms with van der Waals surface area (Å²) in [5.41, 5.74) is 8.35. The van der Waals surface area contributed by atoms with Crippen LogP contribution in [0.1, 0.15) is 44.6 Å². The van der Waals surface area contributed by atoms with E-state index < -0.39 is 0 Å². The molecule has 0 saturated carbocycles. The van der Waals surface area contributed by atoms with E-state index in [1.165, 1.54) is 12.4 Å². The molecular formula is C27H35FN10O2. The molecule has 4 aromatic rings. The number of aryl methyl sites for hydroxylation is 1. The summed E-state index contributed by atoms with van der Waals surface area (Å²) in [6, 6.07) is 2.23. The Morgan fingerprint density at radius 1 is 1.25 bits per heavy atom. The lowest BCUT2D eigenvalue weighted by Crippen LogP contribution is -2.26. The molecule has 13 heteroatoms. The number of alkyl halides is 1. The molecule has 0 aromatic carbocycles. The summed E-state index contributed by atoms with van der Waals surface area (Å²) in [4.78, 5) is 19.7. The highest BCUT2D eigenvalue weighted by Crippen LogP contribution is 2.38. The molecule has 0 aliphatic carbocycles. The number of hydrogen-bond donors (Lipinski definition) is 2. The monoisotopic (exact) mass is 550 g/mol. The third-order valence-corrected chi connectivity index (χ3v) is 6.95. The molecule has 4 aromatic heterocycles. The Hall–Kier alpha value is -4.26. The number of imidazole rings is 1. The Labute approximate surface area is 232 Å². The van der Waals surface area contributed by atoms with E-state index in [9.17, 15) is 4.39 Å². The highest BCUT2D eigenvalue weighted by molar-refractivity contribution is 5.85. The zero-order valence-corrected chi connectivity index (χ0v) is 23.4. The van der Waals surface area contributed by atoms with Crippen molar-refractivity contribution in [3.63, 3.8) is 0 Å². The number of hydrogen-bond acceptors (Lipinski definition) is 10. The van der Waals surface area contributed by atoms with E-state index in [-0.39, 0.29) is 18.1 Å². The Kier molecular flexibility index (Phi) is 7.57. The molecule has 1 saturated heterocycles. The molecule has 0 amide bonds. The molecule has 1 fully saturated rings. The van der Waals surface area contributed by atoms with Crippen LogP contribution >= 0.6 is 0 Å². The molecule has 0 spiro atoms. The van der Waals surface area contributed by atoms with E-state index in [1.807, 2.05) is 11.6 Å². The molecule has 0 bridgehead atoms. The van der Waals surface area contributed by atoms with Gasteiger partial charge in [-0.3, -0.25) is 14.6 Å². The Morgan fingerprint density at radius 3 is 2.75 bits per heavy atom. The number of pyridine rings is 1. The molecular weight excluding hydrogens is 515 g/mol. The maximum Gasteiger partial charge on any atom is 0.211 e. The molecule has 5 rings (SSSR count). The molecule has 212 valence electrons. The highest BCUT2D eigenvalue weighted by atomic mass is 19.1. The number of methoxy groups -OCH3 is 1. The predicted molar refractivity (Wildman–Crippen MR) is 150 cm³/mol. The fourth-order valence-corrected chi connectivity index (χ4v) is 4.96. The summed E-state index contributed by atoms with van der Waals surface area (Å²) in [6.07, 6.45) is 8.45. The number of nitrogens with two attached hydrogens (primary N) is 1. The SMILES string of the molecule is COc1c(OC(=CN)c2cnccn2)cnc2nc(Nc3cc(C(C)(C)C)n(C4CCN(CCF)C4)n3)n(C)c12. The molecule has 1 unspecified atom stereocenters. The second-order valence-electron chi connectivity index (χ2n) is 10.7. The van der Waals surface area contributed by atoms with Gasteiger partial charge in [-0.05, 0) is 6.42 Å². The summed E-state index contributed by atoms with van der Waals surface area (Å²) in [5.74, 6) is 2.31. The minimum Gasteiger partial charge on any atom is -0.491 e. The average Bonchev–Trinajstić information content (AvgIpc) is 3.66. The fraction of sp³-hybridized carbons (Fsp3) is 0.444. The van der Waals surface area contributed by atoms with Crippen LogP contribution in [0.2, 0.25) is 0 Å². The van der Waals surface area contributed by atoms with Crippen molar-refractivity contribution in [2.75, 3.05) is 38.7 Å². The predicted octanol–water partition coefficient (Wildman–Crippen LogP) is 3.56. The van der Waals surface area contributed by atoms with E-state index in [0.717, 1.165) is 25.2 Å². The largest absolute Gasteiger partial charge is 0.491 e. The Bertz CT molecular complexity index is 1510. The van der Waals surface area contributed by atoms with Crippen molar-refractivity contribution in [3.05, 3.63) is 48.4 Å². The van der Waals surface area contributed by atoms with Gasteiger partial charge in [0.2, 0.25) is 5.95 Å². The van der Waals surface area contributed by atoms with Crippen LogP contribution in [-0.2, 0) is 12.5 Å². The zero-order chi connectivity index (χ0) is 28.4. The van der Waals surface area contributed by atoms with Crippen LogP contribution in [0.25, 0.3) is 16.9 Å². The number of anilines is 2. The van der Waals surface area contributed by atoms with Gasteiger partial charge in [0.25, 0.3) is 0 Å². The number of nitrogens with one attached hydrogen (secondary N) is 1. The van der Waals surface area contributed by atoms with Gasteiger partial charge in [-0.2, -0.15) is 10.1 Å². The van der Waals surface area contributed by atoms with Crippen LogP contribution in [0.4, 0.5) is 16.2 Å². The first kappa shape index (κ1) is 27.3. The van der Waals surface area contributed by atoms with Gasteiger partial charge in [-0.1, -0.05) is 20.8 Å². The normalized spacial score (nSPS) is 16.6. The van der Waals surface area contributed by atoms with E-state index in [1.54, 1.807) is 25.7 Å². The van der Waals surface area contributed by atoms with Crippen LogP contribution in [0.5, 0.6) is 11.5 Å². The lowest BCUT2D eigenvalue weighted by molar-refractivity contribution is 0.282. The summed E-state index contributed by atoms with van der Waals surface area (Å²) < 4.78 is 28.6. The van der Waals surface area contributed by atoms with Gasteiger partial charge in [0.05, 0.1) is 25.5 Å². The Morgan fingerprint density at radius 2 is 2.08 bits per heavy atom. The van der Waals surface area contributed by atoms with Gasteiger partial charge >= 0.3 is 0 Å². The number of fused-ring (bicyclic) bond motifs is 1. The van der Waals surface area contributed by atoms with Gasteiger partial charge in [0.15, 0.2) is 28.7 Å². The maximum atomic E-state index is 12.9. The summed E-state index contributed by atoms with van der Waals surface area (Å²) in [7, 11) is 3.42. The second-order valence-corrected chi connectivity index (χ2v) is 10.7. The van der Waals surface area contributed by atoms with Crippen molar-refractivity contribution in [3.8, 4) is 11.5 Å². The lowest BCUT2D eigenvalue weighted by Gasteiger charge is -2.23. The van der Waals surface area contributed by atoms with Gasteiger partial charge in [-0.15, -0.1) is 0 Å². The van der Waals surface area contributed by atoms with Crippen LogP contribution in [0, 0.1) is 0 Å². The van der Waals surface area contributed by atoms with Gasteiger partial charge in [0.1, 0.15) is 17.9 Å². The quantitative estimate of drug-likeness (QED) is 0.298. The van der Waals surface area contributed by atoms with Crippen molar-refractivity contribution < 1.29 is 13.9 Å². The first-order chi connectivity index (χ1) is 19.2. The first-order valence-electron chi connectivity index (χ1n) is 13.1. The van der Waals surface area contributed by atoms with E-state index in [4.69, 9.17) is 25.3 Å². The van der Waals surface area contributed by atoms with Crippen LogP contribution in [-0.4, -0.2) is 72.6 Å². The average molecular weight is 551 g/mol. The lowest BCUT2D eigenvalue weighted by atomic mass is 9.91. The number of halogens is 1. The number of aromatic nitrogens is 7. The first-order valence-corrected chi connectivity index (χ1v) is 13.1. The molecule has 1 aliphatic rings. The highest BCUT2D eigenvalue weighted by Gasteiger charge is 2.30. The molecule has 0 radical (unpaired) electrons. The molecule has 5 heterocycles. The van der Waals surface area contributed by atoms with Crippen molar-refractivity contribution in [1.29, 1.82) is 0 Å². The molecule has 1 aliphatic heterocycles. The molecule has 3 N–H and O–H groups in total. The van der Waals surface area contributed by atoms with Crippen LogP contribution in [0.15, 0.2) is 37.1 Å². The molecule has 40 heavy (non-hydrogen) atoms. The fourth-order valence-electron chi connectivity index (χ4n) is 4.96. The number of nitrogens with zero attached hydrogens (tertiary/aromatic N) is 8. The van der Waals surface area contributed by atoms with Gasteiger partial charge < -0.3 is 25.1 Å².